The third-order valence-corrected chi connectivity index (χ3v) is 3.83. The first-order valence-corrected chi connectivity index (χ1v) is 7.45. The van der Waals surface area contributed by atoms with Crippen LogP contribution in [-0.4, -0.2) is 12.6 Å². The summed E-state index contributed by atoms with van der Waals surface area (Å²) in [4.78, 5) is 0. The lowest BCUT2D eigenvalue weighted by Crippen LogP contribution is -2.15. The van der Waals surface area contributed by atoms with Crippen molar-refractivity contribution < 1.29 is 4.74 Å². The maximum atomic E-state index is 5.85. The summed E-state index contributed by atoms with van der Waals surface area (Å²) < 4.78 is 5.78. The lowest BCUT2D eigenvalue weighted by atomic mass is 9.89. The number of hydrogen-bond acceptors (Lipinski definition) is 2. The molecule has 1 aromatic rings. The van der Waals surface area contributed by atoms with Crippen molar-refractivity contribution in [2.75, 3.05) is 6.61 Å². The van der Waals surface area contributed by atoms with E-state index in [1.54, 1.807) is 0 Å². The highest BCUT2D eigenvalue weighted by Crippen LogP contribution is 2.31. The van der Waals surface area contributed by atoms with Gasteiger partial charge in [0.05, 0.1) is 6.61 Å². The highest BCUT2D eigenvalue weighted by atomic mass is 16.5. The van der Waals surface area contributed by atoms with Gasteiger partial charge >= 0.3 is 0 Å². The summed E-state index contributed by atoms with van der Waals surface area (Å²) in [6.07, 6.45) is 3.27. The smallest absolute Gasteiger partial charge is 0.122 e. The summed E-state index contributed by atoms with van der Waals surface area (Å²) in [6.45, 7) is 11.6. The molecule has 2 unspecified atom stereocenters. The molecule has 19 heavy (non-hydrogen) atoms. The third-order valence-electron chi connectivity index (χ3n) is 3.83. The van der Waals surface area contributed by atoms with Crippen molar-refractivity contribution in [1.29, 1.82) is 0 Å². The molecule has 0 aromatic heterocycles. The van der Waals surface area contributed by atoms with Crippen LogP contribution in [0.3, 0.4) is 0 Å². The first kappa shape index (κ1) is 16.0. The Kier molecular flexibility index (Phi) is 6.36. The normalized spacial score (nSPS) is 14.2. The summed E-state index contributed by atoms with van der Waals surface area (Å²) in [5.41, 5.74) is 9.92. The Morgan fingerprint density at radius 1 is 1.11 bits per heavy atom. The first-order valence-electron chi connectivity index (χ1n) is 7.45. The molecule has 0 radical (unpaired) electrons. The predicted octanol–water partition coefficient (Wildman–Crippen LogP) is 4.32. The molecule has 0 heterocycles. The van der Waals surface area contributed by atoms with Gasteiger partial charge in [0.2, 0.25) is 0 Å². The standard InChI is InChI=1S/C17H29NO/c1-6-11-19-17-10-9-16(14(4)15(17)5)12(2)7-8-13(3)18/h9-10,12-13H,6-8,11,18H2,1-5H3. The quantitative estimate of drug-likeness (QED) is 0.795. The van der Waals surface area contributed by atoms with Gasteiger partial charge in [-0.25, -0.2) is 0 Å². The van der Waals surface area contributed by atoms with Gasteiger partial charge in [-0.1, -0.05) is 19.9 Å². The third kappa shape index (κ3) is 4.54. The largest absolute Gasteiger partial charge is 0.493 e. The summed E-state index contributed by atoms with van der Waals surface area (Å²) in [5.74, 6) is 1.59. The molecular formula is C17H29NO. The van der Waals surface area contributed by atoms with Gasteiger partial charge in [0.1, 0.15) is 5.75 Å². The number of rotatable bonds is 7. The maximum Gasteiger partial charge on any atom is 0.122 e. The van der Waals surface area contributed by atoms with Gasteiger partial charge in [-0.2, -0.15) is 0 Å². The van der Waals surface area contributed by atoms with E-state index in [-0.39, 0.29) is 6.04 Å². The SMILES string of the molecule is CCCOc1ccc(C(C)CCC(C)N)c(C)c1C. The zero-order chi connectivity index (χ0) is 14.4. The second kappa shape index (κ2) is 7.54. The van der Waals surface area contributed by atoms with Gasteiger partial charge in [-0.15, -0.1) is 0 Å². The Morgan fingerprint density at radius 2 is 1.79 bits per heavy atom. The second-order valence-corrected chi connectivity index (χ2v) is 5.71. The molecule has 0 aliphatic heterocycles. The molecule has 0 fully saturated rings. The van der Waals surface area contributed by atoms with E-state index >= 15 is 0 Å². The van der Waals surface area contributed by atoms with Crippen LogP contribution in [0, 0.1) is 13.8 Å². The maximum absolute atomic E-state index is 5.85. The molecule has 2 atom stereocenters. The van der Waals surface area contributed by atoms with Crippen LogP contribution >= 0.6 is 0 Å². The Hall–Kier alpha value is -1.02. The molecule has 0 amide bonds. The lowest BCUT2D eigenvalue weighted by molar-refractivity contribution is 0.315. The topological polar surface area (TPSA) is 35.2 Å². The van der Waals surface area contributed by atoms with Crippen molar-refractivity contribution in [3.63, 3.8) is 0 Å². The van der Waals surface area contributed by atoms with Crippen molar-refractivity contribution in [3.8, 4) is 5.75 Å². The molecule has 2 nitrogen and oxygen atoms in total. The minimum absolute atomic E-state index is 0.288. The van der Waals surface area contributed by atoms with Gasteiger partial charge < -0.3 is 10.5 Å². The molecule has 2 N–H and O–H groups in total. The van der Waals surface area contributed by atoms with E-state index in [1.807, 2.05) is 0 Å². The van der Waals surface area contributed by atoms with E-state index in [1.165, 1.54) is 16.7 Å². The van der Waals surface area contributed by atoms with Crippen LogP contribution in [0.4, 0.5) is 0 Å². The number of benzene rings is 1. The predicted molar refractivity (Wildman–Crippen MR) is 83.0 cm³/mol. The minimum Gasteiger partial charge on any atom is -0.493 e. The fraction of sp³-hybridized carbons (Fsp3) is 0.647. The van der Waals surface area contributed by atoms with Gasteiger partial charge in [-0.05, 0) is 68.7 Å². The van der Waals surface area contributed by atoms with Crippen LogP contribution in [0.25, 0.3) is 0 Å². The molecule has 0 saturated heterocycles. The number of hydrogen-bond donors (Lipinski definition) is 1. The minimum atomic E-state index is 0.288. The molecule has 0 aliphatic carbocycles. The average molecular weight is 263 g/mol. The van der Waals surface area contributed by atoms with E-state index in [4.69, 9.17) is 10.5 Å². The second-order valence-electron chi connectivity index (χ2n) is 5.71. The van der Waals surface area contributed by atoms with Gasteiger partial charge in [0, 0.05) is 6.04 Å². The highest BCUT2D eigenvalue weighted by molar-refractivity contribution is 5.44. The Labute approximate surface area is 118 Å². The number of ether oxygens (including phenoxy) is 1. The number of nitrogens with two attached hydrogens (primary N) is 1. The van der Waals surface area contributed by atoms with Crippen molar-refractivity contribution >= 4 is 0 Å². The zero-order valence-electron chi connectivity index (χ0n) is 13.1. The van der Waals surface area contributed by atoms with E-state index in [9.17, 15) is 0 Å². The summed E-state index contributed by atoms with van der Waals surface area (Å²) in [6, 6.07) is 4.63. The Morgan fingerprint density at radius 3 is 2.37 bits per heavy atom. The molecule has 0 bridgehead atoms. The fourth-order valence-electron chi connectivity index (χ4n) is 2.39. The van der Waals surface area contributed by atoms with E-state index < -0.39 is 0 Å². The van der Waals surface area contributed by atoms with Crippen LogP contribution < -0.4 is 10.5 Å². The Balaban J connectivity index is 2.83. The van der Waals surface area contributed by atoms with Crippen molar-refractivity contribution in [2.45, 2.75) is 65.8 Å². The van der Waals surface area contributed by atoms with Gasteiger partial charge in [-0.3, -0.25) is 0 Å². The highest BCUT2D eigenvalue weighted by Gasteiger charge is 2.13. The summed E-state index contributed by atoms with van der Waals surface area (Å²) in [7, 11) is 0. The molecule has 0 spiro atoms. The Bertz CT molecular complexity index is 398. The molecule has 108 valence electrons. The molecule has 1 aromatic carbocycles. The molecule has 0 saturated carbocycles. The van der Waals surface area contributed by atoms with Crippen molar-refractivity contribution in [1.82, 2.24) is 0 Å². The van der Waals surface area contributed by atoms with Crippen LogP contribution in [0.5, 0.6) is 5.75 Å². The molecular weight excluding hydrogens is 234 g/mol. The zero-order valence-corrected chi connectivity index (χ0v) is 13.1. The molecule has 1 rings (SSSR count). The fourth-order valence-corrected chi connectivity index (χ4v) is 2.39. The van der Waals surface area contributed by atoms with E-state index in [0.29, 0.717) is 5.92 Å². The summed E-state index contributed by atoms with van der Waals surface area (Å²) in [5, 5.41) is 0. The van der Waals surface area contributed by atoms with E-state index in [0.717, 1.165) is 31.6 Å². The molecule has 0 aliphatic rings. The van der Waals surface area contributed by atoms with Crippen LogP contribution in [0.1, 0.15) is 62.6 Å². The van der Waals surface area contributed by atoms with Gasteiger partial charge in [0.15, 0.2) is 0 Å². The van der Waals surface area contributed by atoms with Crippen LogP contribution in [0.2, 0.25) is 0 Å². The lowest BCUT2D eigenvalue weighted by Gasteiger charge is -2.19. The van der Waals surface area contributed by atoms with Crippen molar-refractivity contribution in [2.24, 2.45) is 5.73 Å². The van der Waals surface area contributed by atoms with Crippen LogP contribution in [0.15, 0.2) is 12.1 Å². The summed E-state index contributed by atoms with van der Waals surface area (Å²) >= 11 is 0. The average Bonchev–Trinajstić information content (AvgIpc) is 2.37. The van der Waals surface area contributed by atoms with Crippen molar-refractivity contribution in [3.05, 3.63) is 28.8 Å². The molecule has 2 heteroatoms. The van der Waals surface area contributed by atoms with E-state index in [2.05, 4.69) is 46.8 Å². The monoisotopic (exact) mass is 263 g/mol. The van der Waals surface area contributed by atoms with Gasteiger partial charge in [0.25, 0.3) is 0 Å². The van der Waals surface area contributed by atoms with Crippen LogP contribution in [-0.2, 0) is 0 Å². The first-order chi connectivity index (χ1) is 8.97.